The van der Waals surface area contributed by atoms with E-state index in [-0.39, 0.29) is 5.63 Å². The van der Waals surface area contributed by atoms with Crippen molar-refractivity contribution in [3.05, 3.63) is 39.7 Å². The lowest BCUT2D eigenvalue weighted by molar-refractivity contribution is -0.150. The Morgan fingerprint density at radius 3 is 2.67 bits per heavy atom. The molecule has 0 aliphatic carbocycles. The van der Waals surface area contributed by atoms with E-state index in [9.17, 15) is 9.59 Å². The molecule has 0 saturated carbocycles. The van der Waals surface area contributed by atoms with Gasteiger partial charge in [0, 0.05) is 17.0 Å². The van der Waals surface area contributed by atoms with Gasteiger partial charge in [0.15, 0.2) is 6.10 Å². The largest absolute Gasteiger partial charge is 0.479 e. The maximum atomic E-state index is 11.7. The first kappa shape index (κ1) is 15.1. The van der Waals surface area contributed by atoms with Crippen LogP contribution in [0.25, 0.3) is 11.0 Å². The molecule has 0 aliphatic rings. The Hall–Kier alpha value is -2.30. The number of rotatable bonds is 4. The zero-order chi connectivity index (χ0) is 15.6. The first-order valence-corrected chi connectivity index (χ1v) is 6.81. The Balaban J connectivity index is 2.33. The Labute approximate surface area is 122 Å². The van der Waals surface area contributed by atoms with Crippen molar-refractivity contribution >= 4 is 16.9 Å². The number of benzene rings is 1. The summed E-state index contributed by atoms with van der Waals surface area (Å²) >= 11 is 0. The van der Waals surface area contributed by atoms with Gasteiger partial charge in [-0.1, -0.05) is 0 Å². The van der Waals surface area contributed by atoms with Crippen LogP contribution in [0.1, 0.15) is 25.0 Å². The van der Waals surface area contributed by atoms with E-state index in [1.165, 1.54) is 0 Å². The van der Waals surface area contributed by atoms with E-state index in [4.69, 9.17) is 13.9 Å². The lowest BCUT2D eigenvalue weighted by atomic mass is 10.1. The SMILES string of the molecule is CCOC(=O)C(C)Oc1ccc2c(C)c(C)c(=O)oc2c1. The molecule has 1 aromatic carbocycles. The molecule has 0 bridgehead atoms. The molecule has 0 amide bonds. The minimum absolute atomic E-state index is 0.303. The standard InChI is InChI=1S/C16H18O5/c1-5-19-16(18)11(4)20-12-6-7-13-9(2)10(3)15(17)21-14(13)8-12/h6-8,11H,5H2,1-4H3. The minimum Gasteiger partial charge on any atom is -0.479 e. The molecular weight excluding hydrogens is 272 g/mol. The van der Waals surface area contributed by atoms with Crippen LogP contribution in [0.3, 0.4) is 0 Å². The van der Waals surface area contributed by atoms with E-state index in [0.717, 1.165) is 10.9 Å². The number of hydrogen-bond donors (Lipinski definition) is 0. The van der Waals surface area contributed by atoms with E-state index in [1.807, 2.05) is 13.0 Å². The molecule has 0 saturated heterocycles. The van der Waals surface area contributed by atoms with Crippen molar-refractivity contribution in [1.82, 2.24) is 0 Å². The Morgan fingerprint density at radius 1 is 1.29 bits per heavy atom. The lowest BCUT2D eigenvalue weighted by Crippen LogP contribution is -2.26. The molecule has 1 unspecified atom stereocenters. The van der Waals surface area contributed by atoms with Crippen LogP contribution >= 0.6 is 0 Å². The van der Waals surface area contributed by atoms with E-state index in [2.05, 4.69) is 0 Å². The predicted octanol–water partition coefficient (Wildman–Crippen LogP) is 2.74. The van der Waals surface area contributed by atoms with Gasteiger partial charge < -0.3 is 13.9 Å². The van der Waals surface area contributed by atoms with Gasteiger partial charge in [0.25, 0.3) is 0 Å². The normalized spacial score (nSPS) is 12.2. The first-order chi connectivity index (χ1) is 9.93. The molecule has 112 valence electrons. The highest BCUT2D eigenvalue weighted by atomic mass is 16.6. The summed E-state index contributed by atoms with van der Waals surface area (Å²) in [4.78, 5) is 23.2. The fourth-order valence-corrected chi connectivity index (χ4v) is 2.01. The maximum Gasteiger partial charge on any atom is 0.347 e. The number of ether oxygens (including phenoxy) is 2. The molecule has 0 N–H and O–H groups in total. The summed E-state index contributed by atoms with van der Waals surface area (Å²) in [5, 5.41) is 0.850. The van der Waals surface area contributed by atoms with Crippen LogP contribution in [0.4, 0.5) is 0 Å². The molecule has 2 aromatic rings. The van der Waals surface area contributed by atoms with Crippen LogP contribution in [0.2, 0.25) is 0 Å². The van der Waals surface area contributed by atoms with Gasteiger partial charge in [-0.05, 0) is 45.4 Å². The molecule has 2 rings (SSSR count). The van der Waals surface area contributed by atoms with Crippen LogP contribution in [-0.2, 0) is 9.53 Å². The van der Waals surface area contributed by atoms with Crippen molar-refractivity contribution in [1.29, 1.82) is 0 Å². The van der Waals surface area contributed by atoms with E-state index < -0.39 is 12.1 Å². The summed E-state index contributed by atoms with van der Waals surface area (Å²) in [6.45, 7) is 7.25. The van der Waals surface area contributed by atoms with Crippen LogP contribution < -0.4 is 10.4 Å². The van der Waals surface area contributed by atoms with Gasteiger partial charge in [-0.2, -0.15) is 0 Å². The fourth-order valence-electron chi connectivity index (χ4n) is 2.01. The monoisotopic (exact) mass is 290 g/mol. The number of hydrogen-bond acceptors (Lipinski definition) is 5. The average molecular weight is 290 g/mol. The van der Waals surface area contributed by atoms with E-state index in [1.54, 1.807) is 32.9 Å². The molecule has 1 atom stereocenters. The molecule has 5 heteroatoms. The van der Waals surface area contributed by atoms with Gasteiger partial charge in [0.2, 0.25) is 0 Å². The zero-order valence-corrected chi connectivity index (χ0v) is 12.6. The number of aryl methyl sites for hydroxylation is 1. The van der Waals surface area contributed by atoms with Gasteiger partial charge in [0.05, 0.1) is 6.61 Å². The molecule has 0 fully saturated rings. The van der Waals surface area contributed by atoms with Crippen molar-refractivity contribution in [2.75, 3.05) is 6.61 Å². The summed E-state index contributed by atoms with van der Waals surface area (Å²) in [5.41, 5.74) is 1.55. The van der Waals surface area contributed by atoms with Crippen molar-refractivity contribution < 1.29 is 18.7 Å². The summed E-state index contributed by atoms with van der Waals surface area (Å²) in [7, 11) is 0. The molecule has 0 spiro atoms. The number of carbonyl (C=O) groups is 1. The predicted molar refractivity (Wildman–Crippen MR) is 78.7 cm³/mol. The van der Waals surface area contributed by atoms with Crippen molar-refractivity contribution in [3.63, 3.8) is 0 Å². The number of carbonyl (C=O) groups excluding carboxylic acids is 1. The van der Waals surface area contributed by atoms with E-state index >= 15 is 0 Å². The van der Waals surface area contributed by atoms with Crippen LogP contribution in [-0.4, -0.2) is 18.7 Å². The molecule has 5 nitrogen and oxygen atoms in total. The van der Waals surface area contributed by atoms with Crippen LogP contribution in [0.5, 0.6) is 5.75 Å². The summed E-state index contributed by atoms with van der Waals surface area (Å²) < 4.78 is 15.6. The fraction of sp³-hybridized carbons (Fsp3) is 0.375. The maximum absolute atomic E-state index is 11.7. The molecule has 1 heterocycles. The zero-order valence-electron chi connectivity index (χ0n) is 12.6. The average Bonchev–Trinajstić information content (AvgIpc) is 2.45. The third kappa shape index (κ3) is 3.07. The van der Waals surface area contributed by atoms with Gasteiger partial charge >= 0.3 is 11.6 Å². The second kappa shape index (κ2) is 5.99. The van der Waals surface area contributed by atoms with Gasteiger partial charge in [-0.25, -0.2) is 9.59 Å². The third-order valence-corrected chi connectivity index (χ3v) is 3.36. The molecular formula is C16H18O5. The van der Waals surface area contributed by atoms with Crippen molar-refractivity contribution in [2.45, 2.75) is 33.8 Å². The van der Waals surface area contributed by atoms with Crippen molar-refractivity contribution in [3.8, 4) is 5.75 Å². The van der Waals surface area contributed by atoms with Crippen LogP contribution in [0.15, 0.2) is 27.4 Å². The lowest BCUT2D eigenvalue weighted by Gasteiger charge is -2.14. The molecule has 1 aromatic heterocycles. The highest BCUT2D eigenvalue weighted by molar-refractivity contribution is 5.82. The van der Waals surface area contributed by atoms with Gasteiger partial charge in [-0.15, -0.1) is 0 Å². The second-order valence-electron chi connectivity index (χ2n) is 4.81. The Bertz CT molecular complexity index is 729. The van der Waals surface area contributed by atoms with Gasteiger partial charge in [0.1, 0.15) is 11.3 Å². The summed E-state index contributed by atoms with van der Waals surface area (Å²) in [6.07, 6.45) is -0.722. The minimum atomic E-state index is -0.722. The topological polar surface area (TPSA) is 65.7 Å². The summed E-state index contributed by atoms with van der Waals surface area (Å²) in [5.74, 6) is 0.0218. The smallest absolute Gasteiger partial charge is 0.347 e. The third-order valence-electron chi connectivity index (χ3n) is 3.36. The van der Waals surface area contributed by atoms with Crippen molar-refractivity contribution in [2.24, 2.45) is 0 Å². The Kier molecular flexibility index (Phi) is 4.31. The highest BCUT2D eigenvalue weighted by Crippen LogP contribution is 2.24. The first-order valence-electron chi connectivity index (χ1n) is 6.81. The van der Waals surface area contributed by atoms with Crippen LogP contribution in [0, 0.1) is 13.8 Å². The highest BCUT2D eigenvalue weighted by Gasteiger charge is 2.16. The molecule has 21 heavy (non-hydrogen) atoms. The Morgan fingerprint density at radius 2 is 2.00 bits per heavy atom. The molecule has 0 aliphatic heterocycles. The quantitative estimate of drug-likeness (QED) is 0.640. The van der Waals surface area contributed by atoms with E-state index in [0.29, 0.717) is 23.5 Å². The number of esters is 1. The number of fused-ring (bicyclic) bond motifs is 1. The second-order valence-corrected chi connectivity index (χ2v) is 4.81. The summed E-state index contributed by atoms with van der Waals surface area (Å²) in [6, 6.07) is 5.16. The molecule has 0 radical (unpaired) electrons. The van der Waals surface area contributed by atoms with Gasteiger partial charge in [-0.3, -0.25) is 0 Å².